The number of carbonyl (C=O) groups is 4. The molecule has 2 aliphatic heterocycles. The number of sulfonamides is 1. The average molecular weight is 679 g/mol. The first-order valence-electron chi connectivity index (χ1n) is 14.0. The second-order valence-electron chi connectivity index (χ2n) is 10.5. The first kappa shape index (κ1) is 31.4. The van der Waals surface area contributed by atoms with Crippen LogP contribution >= 0.6 is 23.1 Å². The first-order chi connectivity index (χ1) is 22.0. The van der Waals surface area contributed by atoms with E-state index in [1.165, 1.54) is 53.1 Å². The number of amides is 3. The zero-order chi connectivity index (χ0) is 32.7. The number of aromatic nitrogens is 1. The van der Waals surface area contributed by atoms with Gasteiger partial charge in [-0.25, -0.2) is 23.3 Å². The number of primary sulfonamides is 1. The van der Waals surface area contributed by atoms with Gasteiger partial charge in [-0.1, -0.05) is 53.4 Å². The van der Waals surface area contributed by atoms with E-state index < -0.39 is 55.7 Å². The lowest BCUT2D eigenvalue weighted by Crippen LogP contribution is -2.33. The van der Waals surface area contributed by atoms with Crippen LogP contribution in [0.3, 0.4) is 0 Å². The predicted molar refractivity (Wildman–Crippen MR) is 171 cm³/mol. The van der Waals surface area contributed by atoms with Crippen molar-refractivity contribution in [2.24, 2.45) is 11.1 Å². The number of nitrogens with one attached hydrogen (secondary N) is 1. The number of thioether (sulfide) groups is 1. The highest BCUT2D eigenvalue weighted by atomic mass is 32.2. The fraction of sp³-hybridized carbons (Fsp3) is 0.194. The molecule has 46 heavy (non-hydrogen) atoms. The van der Waals surface area contributed by atoms with E-state index in [0.717, 1.165) is 33.6 Å². The van der Waals surface area contributed by atoms with Crippen LogP contribution in [-0.2, 0) is 35.7 Å². The summed E-state index contributed by atoms with van der Waals surface area (Å²) in [5.41, 5.74) is 1.63. The van der Waals surface area contributed by atoms with E-state index in [9.17, 15) is 32.4 Å². The molecular formula is C31H26N4O8S3. The molecule has 0 radical (unpaired) electrons. The number of carbonyl (C=O) groups excluding carboxylic acids is 4. The van der Waals surface area contributed by atoms with Gasteiger partial charge < -0.3 is 10.1 Å². The number of ether oxygens (including phenoxy) is 1. The van der Waals surface area contributed by atoms with Crippen molar-refractivity contribution < 1.29 is 32.3 Å². The Morgan fingerprint density at radius 1 is 0.935 bits per heavy atom. The van der Waals surface area contributed by atoms with Crippen LogP contribution < -0.4 is 20.2 Å². The van der Waals surface area contributed by atoms with Crippen LogP contribution in [0.4, 0.5) is 11.4 Å². The second kappa shape index (κ2) is 12.3. The van der Waals surface area contributed by atoms with E-state index in [1.54, 1.807) is 6.92 Å². The number of fused-ring (bicyclic) bond motifs is 2. The minimum absolute atomic E-state index is 0.119. The normalized spacial score (nSPS) is 19.0. The van der Waals surface area contributed by atoms with Gasteiger partial charge >= 0.3 is 10.8 Å². The molecule has 0 aliphatic carbocycles. The summed E-state index contributed by atoms with van der Waals surface area (Å²) in [6.07, 6.45) is 0. The van der Waals surface area contributed by atoms with E-state index in [4.69, 9.17) is 9.88 Å². The summed E-state index contributed by atoms with van der Waals surface area (Å²) in [5.74, 6) is -3.43. The molecule has 0 spiro atoms. The van der Waals surface area contributed by atoms with Gasteiger partial charge in [0.05, 0.1) is 33.7 Å². The molecule has 15 heteroatoms. The summed E-state index contributed by atoms with van der Waals surface area (Å²) in [5, 5.41) is 7.32. The number of anilines is 2. The average Bonchev–Trinajstić information content (AvgIpc) is 3.47. The molecule has 236 valence electrons. The molecule has 2 aliphatic rings. The van der Waals surface area contributed by atoms with Gasteiger partial charge in [0.1, 0.15) is 11.8 Å². The zero-order valence-corrected chi connectivity index (χ0v) is 26.6. The minimum atomic E-state index is -3.91. The monoisotopic (exact) mass is 678 g/mol. The lowest BCUT2D eigenvalue weighted by atomic mass is 9.83. The minimum Gasteiger partial charge on any atom is -0.462 e. The molecule has 1 saturated heterocycles. The molecule has 0 bridgehead atoms. The van der Waals surface area contributed by atoms with Crippen LogP contribution in [0.1, 0.15) is 33.6 Å². The lowest BCUT2D eigenvalue weighted by molar-refractivity contribution is -0.122. The Kier molecular flexibility index (Phi) is 8.41. The summed E-state index contributed by atoms with van der Waals surface area (Å²) < 4.78 is 29.4. The summed E-state index contributed by atoms with van der Waals surface area (Å²) >= 11 is 2.00. The number of rotatable bonds is 8. The van der Waals surface area contributed by atoms with Crippen molar-refractivity contribution in [3.63, 3.8) is 0 Å². The van der Waals surface area contributed by atoms with Crippen LogP contribution in [0.25, 0.3) is 0 Å². The molecule has 3 aromatic carbocycles. The number of imide groups is 1. The maximum Gasteiger partial charge on any atom is 0.338 e. The highest BCUT2D eigenvalue weighted by Crippen LogP contribution is 2.53. The molecule has 3 heterocycles. The van der Waals surface area contributed by atoms with Gasteiger partial charge in [0.2, 0.25) is 27.7 Å². The summed E-state index contributed by atoms with van der Waals surface area (Å²) in [6.45, 7) is 1.52. The maximum atomic E-state index is 14.0. The van der Waals surface area contributed by atoms with Crippen molar-refractivity contribution in [2.75, 3.05) is 16.8 Å². The number of thiazole rings is 1. The molecule has 3 unspecified atom stereocenters. The molecule has 6 rings (SSSR count). The molecule has 1 aromatic heterocycles. The van der Waals surface area contributed by atoms with E-state index in [0.29, 0.717) is 21.3 Å². The molecule has 12 nitrogen and oxygen atoms in total. The van der Waals surface area contributed by atoms with Gasteiger partial charge in [-0.2, -0.15) is 0 Å². The molecule has 3 amide bonds. The number of nitrogens with two attached hydrogens (primary N) is 1. The summed E-state index contributed by atoms with van der Waals surface area (Å²) in [7, 11) is -3.91. The van der Waals surface area contributed by atoms with Gasteiger partial charge in [0.25, 0.3) is 0 Å². The fourth-order valence-corrected chi connectivity index (χ4v) is 8.85. The molecule has 0 saturated carbocycles. The summed E-state index contributed by atoms with van der Waals surface area (Å²) in [4.78, 5) is 67.6. The third-order valence-corrected chi connectivity index (χ3v) is 11.1. The van der Waals surface area contributed by atoms with Crippen LogP contribution in [0.15, 0.2) is 93.6 Å². The van der Waals surface area contributed by atoms with E-state index >= 15 is 0 Å². The zero-order valence-electron chi connectivity index (χ0n) is 24.1. The smallest absolute Gasteiger partial charge is 0.338 e. The number of esters is 1. The highest BCUT2D eigenvalue weighted by Gasteiger charge is 2.56. The van der Waals surface area contributed by atoms with Gasteiger partial charge in [0, 0.05) is 16.5 Å². The fourth-order valence-electron chi connectivity index (χ4n) is 5.56. The third-order valence-electron chi connectivity index (χ3n) is 7.61. The highest BCUT2D eigenvalue weighted by molar-refractivity contribution is 8.00. The van der Waals surface area contributed by atoms with Gasteiger partial charge in [-0.3, -0.25) is 23.7 Å². The lowest BCUT2D eigenvalue weighted by Gasteiger charge is -2.30. The molecule has 4 aromatic rings. The van der Waals surface area contributed by atoms with Crippen LogP contribution in [0.2, 0.25) is 0 Å². The van der Waals surface area contributed by atoms with Crippen LogP contribution in [-0.4, -0.2) is 48.5 Å². The Hall–Kier alpha value is -4.57. The standard InChI is InChI=1S/C31H26N4O8S3/c1-2-43-30(39)18-8-12-20(13-9-18)35-27(37)24-23(17-6-4-3-5-7-17)26-29(44-25(24)28(35)38)34(31(40)45-26)16-22(36)33-19-10-14-21(15-11-19)46(32,41)42/h3-15,23-25H,2,16H2,1H3,(H,33,36)(H2,32,41,42). The Morgan fingerprint density at radius 3 is 2.24 bits per heavy atom. The van der Waals surface area contributed by atoms with E-state index in [2.05, 4.69) is 5.32 Å². The maximum absolute atomic E-state index is 14.0. The second-order valence-corrected chi connectivity index (χ2v) is 14.2. The van der Waals surface area contributed by atoms with Crippen LogP contribution in [0.5, 0.6) is 0 Å². The number of hydrogen-bond acceptors (Lipinski definition) is 10. The van der Waals surface area contributed by atoms with Gasteiger partial charge in [0.15, 0.2) is 0 Å². The van der Waals surface area contributed by atoms with Crippen molar-refractivity contribution in [3.05, 3.63) is 105 Å². The quantitative estimate of drug-likeness (QED) is 0.210. The topological polar surface area (TPSA) is 175 Å². The third kappa shape index (κ3) is 5.77. The van der Waals surface area contributed by atoms with Gasteiger partial charge in [-0.15, -0.1) is 0 Å². The molecule has 3 N–H and O–H groups in total. The first-order valence-corrected chi connectivity index (χ1v) is 17.2. The molecule has 1 fully saturated rings. The Bertz CT molecular complexity index is 2020. The Balaban J connectivity index is 1.32. The van der Waals surface area contributed by atoms with Crippen molar-refractivity contribution in [1.29, 1.82) is 0 Å². The van der Waals surface area contributed by atoms with Crippen LogP contribution in [0, 0.1) is 5.92 Å². The van der Waals surface area contributed by atoms with Gasteiger partial charge in [-0.05, 0) is 61.0 Å². The molecule has 3 atom stereocenters. The Morgan fingerprint density at radius 2 is 1.61 bits per heavy atom. The SMILES string of the molecule is CCOC(=O)c1ccc(N2C(=O)C3Sc4c(sc(=O)n4CC(=O)Nc4ccc(S(N)(=O)=O)cc4)C(c4ccccc4)C3C2=O)cc1. The Labute approximate surface area is 271 Å². The summed E-state index contributed by atoms with van der Waals surface area (Å²) in [6, 6.07) is 20.4. The number of nitrogens with zero attached hydrogens (tertiary/aromatic N) is 2. The largest absolute Gasteiger partial charge is 0.462 e. The number of benzene rings is 3. The van der Waals surface area contributed by atoms with Crippen molar-refractivity contribution >= 4 is 68.2 Å². The molecular weight excluding hydrogens is 653 g/mol. The number of hydrogen-bond donors (Lipinski definition) is 2. The van der Waals surface area contributed by atoms with E-state index in [-0.39, 0.29) is 23.6 Å². The van der Waals surface area contributed by atoms with Crippen molar-refractivity contribution in [1.82, 2.24) is 4.57 Å². The van der Waals surface area contributed by atoms with Crippen molar-refractivity contribution in [2.45, 2.75) is 34.6 Å². The van der Waals surface area contributed by atoms with Crippen molar-refractivity contribution in [3.8, 4) is 0 Å². The van der Waals surface area contributed by atoms with E-state index in [1.807, 2.05) is 30.3 Å². The predicted octanol–water partition coefficient (Wildman–Crippen LogP) is 3.17.